The summed E-state index contributed by atoms with van der Waals surface area (Å²) in [6.07, 6.45) is 4.03. The summed E-state index contributed by atoms with van der Waals surface area (Å²) >= 11 is 6.44. The Labute approximate surface area is 244 Å². The first-order chi connectivity index (χ1) is 18.2. The molecule has 0 saturated heterocycles. The van der Waals surface area contributed by atoms with Gasteiger partial charge in [-0.3, -0.25) is 5.41 Å². The standard InChI is InChI=1S/C21H23ClN2O.C9H9NO3.Co/c1-4-24-19-10-9-16(25-3)13-17(19)21(2,20(24)11-12-23)14-15-7-5-6-8-18(15)22;1-13-9(12)7-4-2-6(3-5-7)8(10)11;/h5-13,23H,4,14H2,1-3H3;2-5H,1H3,(H2,10,11);/b20-11-,23-12?;;. The Morgan fingerprint density at radius 3 is 2.26 bits per heavy atom. The molecule has 39 heavy (non-hydrogen) atoms. The Morgan fingerprint density at radius 2 is 1.72 bits per heavy atom. The van der Waals surface area contributed by atoms with E-state index in [9.17, 15) is 4.79 Å². The maximum Gasteiger partial charge on any atom is 0.337 e. The van der Waals surface area contributed by atoms with Crippen molar-refractivity contribution in [3.05, 3.63) is 106 Å². The molecule has 0 amide bonds. The number of benzene rings is 3. The Kier molecular flexibility index (Phi) is 11.3. The average Bonchev–Trinajstić information content (AvgIpc) is 3.16. The number of esters is 1. The SMILES string of the molecule is CCN1/C(=C\C=N)C(C)(Cc2ccccc2Cl)c2cc(OC)ccc21.COC(=O)c1ccc(C(=N)O)cc1.[Co]. The van der Waals surface area contributed by atoms with Gasteiger partial charge >= 0.3 is 5.97 Å². The molecular formula is C30H32ClCoN3O4. The van der Waals surface area contributed by atoms with Gasteiger partial charge in [0.15, 0.2) is 0 Å². The maximum absolute atomic E-state index is 11.0. The minimum absolute atomic E-state index is 0. The first-order valence-corrected chi connectivity index (χ1v) is 12.4. The number of nitrogens with zero attached hydrogens (tertiary/aromatic N) is 1. The number of carbonyl (C=O) groups is 1. The van der Waals surface area contributed by atoms with Gasteiger partial charge in [0, 0.05) is 56.9 Å². The van der Waals surface area contributed by atoms with Gasteiger partial charge in [0.2, 0.25) is 5.90 Å². The summed E-state index contributed by atoms with van der Waals surface area (Å²) in [6.45, 7) is 5.20. The summed E-state index contributed by atoms with van der Waals surface area (Å²) in [4.78, 5) is 13.2. The first-order valence-electron chi connectivity index (χ1n) is 12.1. The number of anilines is 1. The van der Waals surface area contributed by atoms with Crippen LogP contribution >= 0.6 is 11.6 Å². The molecule has 3 aromatic carbocycles. The van der Waals surface area contributed by atoms with Gasteiger partial charge in [-0.15, -0.1) is 0 Å². The Bertz CT molecular complexity index is 1360. The van der Waals surface area contributed by atoms with Crippen molar-refractivity contribution in [2.75, 3.05) is 25.7 Å². The van der Waals surface area contributed by atoms with Gasteiger partial charge in [-0.05, 0) is 86.0 Å². The molecule has 3 aromatic rings. The average molecular weight is 593 g/mol. The molecule has 0 aromatic heterocycles. The molecule has 207 valence electrons. The zero-order chi connectivity index (χ0) is 27.9. The number of methoxy groups -OCH3 is 2. The number of hydrogen-bond acceptors (Lipinski definition) is 6. The number of hydrogen-bond donors (Lipinski definition) is 3. The van der Waals surface area contributed by atoms with Crippen LogP contribution in [-0.2, 0) is 33.4 Å². The monoisotopic (exact) mass is 592 g/mol. The van der Waals surface area contributed by atoms with Crippen molar-refractivity contribution in [3.63, 3.8) is 0 Å². The molecule has 9 heteroatoms. The van der Waals surface area contributed by atoms with Crippen LogP contribution in [0.1, 0.15) is 40.9 Å². The number of aliphatic hydroxyl groups is 1. The molecule has 1 unspecified atom stereocenters. The van der Waals surface area contributed by atoms with E-state index in [0.29, 0.717) is 11.1 Å². The molecule has 0 bridgehead atoms. The second-order valence-corrected chi connectivity index (χ2v) is 9.27. The van der Waals surface area contributed by atoms with Gasteiger partial charge in [-0.25, -0.2) is 4.79 Å². The predicted octanol–water partition coefficient (Wildman–Crippen LogP) is 6.58. The van der Waals surface area contributed by atoms with Crippen LogP contribution in [0.3, 0.4) is 0 Å². The molecule has 1 atom stereocenters. The van der Waals surface area contributed by atoms with Crippen LogP contribution in [0.5, 0.6) is 5.75 Å². The molecule has 7 nitrogen and oxygen atoms in total. The molecule has 1 aliphatic rings. The van der Waals surface area contributed by atoms with E-state index in [2.05, 4.69) is 41.7 Å². The van der Waals surface area contributed by atoms with E-state index < -0.39 is 11.9 Å². The quantitative estimate of drug-likeness (QED) is 0.163. The van der Waals surface area contributed by atoms with Gasteiger partial charge in [-0.1, -0.05) is 29.8 Å². The molecule has 0 fully saturated rings. The number of ether oxygens (including phenoxy) is 2. The largest absolute Gasteiger partial charge is 0.497 e. The molecule has 0 spiro atoms. The Hall–Kier alpha value is -3.59. The van der Waals surface area contributed by atoms with Crippen LogP contribution in [0.25, 0.3) is 0 Å². The van der Waals surface area contributed by atoms with Crippen LogP contribution in [0, 0.1) is 10.8 Å². The third-order valence-electron chi connectivity index (χ3n) is 6.58. The Morgan fingerprint density at radius 1 is 1.08 bits per heavy atom. The summed E-state index contributed by atoms with van der Waals surface area (Å²) in [5.74, 6) is -0.108. The van der Waals surface area contributed by atoms with Crippen LogP contribution in [0.2, 0.25) is 5.02 Å². The van der Waals surface area contributed by atoms with E-state index in [1.165, 1.54) is 48.8 Å². The van der Waals surface area contributed by atoms with Gasteiger partial charge < -0.3 is 24.9 Å². The molecule has 4 rings (SSSR count). The third-order valence-corrected chi connectivity index (χ3v) is 6.95. The van der Waals surface area contributed by atoms with Crippen LogP contribution < -0.4 is 9.64 Å². The summed E-state index contributed by atoms with van der Waals surface area (Å²) in [6, 6.07) is 20.1. The number of carbonyl (C=O) groups excluding carboxylic acids is 1. The van der Waals surface area contributed by atoms with Gasteiger partial charge in [0.1, 0.15) is 5.75 Å². The van der Waals surface area contributed by atoms with Crippen LogP contribution in [0.4, 0.5) is 5.69 Å². The van der Waals surface area contributed by atoms with Gasteiger partial charge in [0.05, 0.1) is 19.8 Å². The zero-order valence-electron chi connectivity index (χ0n) is 22.3. The van der Waals surface area contributed by atoms with E-state index in [4.69, 9.17) is 32.3 Å². The van der Waals surface area contributed by atoms with Crippen LogP contribution in [-0.4, -0.2) is 44.0 Å². The second kappa shape index (κ2) is 14.0. The fourth-order valence-corrected chi connectivity index (χ4v) is 4.87. The van der Waals surface area contributed by atoms with Crippen molar-refractivity contribution in [3.8, 4) is 5.75 Å². The van der Waals surface area contributed by atoms with Crippen molar-refractivity contribution < 1.29 is 36.2 Å². The number of likely N-dealkylation sites (N-methyl/N-ethyl adjacent to an activating group) is 1. The number of fused-ring (bicyclic) bond motifs is 1. The fraction of sp³-hybridized carbons (Fsp3) is 0.233. The fourth-order valence-electron chi connectivity index (χ4n) is 4.67. The smallest absolute Gasteiger partial charge is 0.337 e. The minimum Gasteiger partial charge on any atom is -0.497 e. The second-order valence-electron chi connectivity index (χ2n) is 8.86. The first kappa shape index (κ1) is 31.6. The number of rotatable bonds is 7. The number of nitrogens with one attached hydrogen (secondary N) is 2. The van der Waals surface area contributed by atoms with Gasteiger partial charge in [-0.2, -0.15) is 0 Å². The topological polar surface area (TPSA) is 107 Å². The van der Waals surface area contributed by atoms with E-state index in [1.807, 2.05) is 30.3 Å². The summed E-state index contributed by atoms with van der Waals surface area (Å²) in [5, 5.41) is 24.1. The third kappa shape index (κ3) is 6.89. The van der Waals surface area contributed by atoms with E-state index >= 15 is 0 Å². The number of halogens is 1. The van der Waals surface area contributed by atoms with Crippen LogP contribution in [0.15, 0.2) is 78.5 Å². The van der Waals surface area contributed by atoms with Crippen molar-refractivity contribution in [2.45, 2.75) is 25.7 Å². The van der Waals surface area contributed by atoms with Crippen molar-refractivity contribution in [2.24, 2.45) is 0 Å². The van der Waals surface area contributed by atoms with E-state index in [1.54, 1.807) is 7.11 Å². The molecule has 1 heterocycles. The van der Waals surface area contributed by atoms with Crippen molar-refractivity contribution >= 4 is 35.4 Å². The summed E-state index contributed by atoms with van der Waals surface area (Å²) < 4.78 is 9.94. The molecule has 1 radical (unpaired) electrons. The maximum atomic E-state index is 11.0. The molecule has 0 saturated carbocycles. The summed E-state index contributed by atoms with van der Waals surface area (Å²) in [5.41, 5.74) is 5.10. The molecule has 3 N–H and O–H groups in total. The number of allylic oxidation sites excluding steroid dienone is 2. The van der Waals surface area contributed by atoms with Crippen molar-refractivity contribution in [1.29, 1.82) is 10.8 Å². The Balaban J connectivity index is 0.000000324. The molecule has 0 aliphatic carbocycles. The van der Waals surface area contributed by atoms with Gasteiger partial charge in [0.25, 0.3) is 0 Å². The number of aliphatic hydroxyl groups excluding tert-OH is 1. The normalized spacial score (nSPS) is 16.3. The van der Waals surface area contributed by atoms with E-state index in [-0.39, 0.29) is 22.2 Å². The summed E-state index contributed by atoms with van der Waals surface area (Å²) in [7, 11) is 2.98. The zero-order valence-corrected chi connectivity index (χ0v) is 24.0. The predicted molar refractivity (Wildman–Crippen MR) is 153 cm³/mol. The minimum atomic E-state index is -0.517. The molecule has 1 aliphatic heterocycles. The van der Waals surface area contributed by atoms with E-state index in [0.717, 1.165) is 35.0 Å². The van der Waals surface area contributed by atoms with Crippen molar-refractivity contribution in [1.82, 2.24) is 0 Å². The molecular weight excluding hydrogens is 561 g/mol.